The molecule has 0 amide bonds. The normalized spacial score (nSPS) is 17.9. The van der Waals surface area contributed by atoms with E-state index in [4.69, 9.17) is 4.74 Å². The van der Waals surface area contributed by atoms with E-state index in [1.54, 1.807) is 18.2 Å². The van der Waals surface area contributed by atoms with Crippen LogP contribution in [0.1, 0.15) is 0 Å². The van der Waals surface area contributed by atoms with Crippen molar-refractivity contribution in [2.45, 2.75) is 11.0 Å². The molecule has 7 heteroatoms. The molecule has 0 aliphatic carbocycles. The highest BCUT2D eigenvalue weighted by atomic mass is 32.2. The summed E-state index contributed by atoms with van der Waals surface area (Å²) < 4.78 is 32.6. The van der Waals surface area contributed by atoms with Gasteiger partial charge in [-0.15, -0.1) is 0 Å². The lowest BCUT2D eigenvalue weighted by Gasteiger charge is -2.28. The third-order valence-electron chi connectivity index (χ3n) is 4.11. The summed E-state index contributed by atoms with van der Waals surface area (Å²) in [6, 6.07) is 12.6. The van der Waals surface area contributed by atoms with Gasteiger partial charge in [-0.1, -0.05) is 30.3 Å². The van der Waals surface area contributed by atoms with Gasteiger partial charge in [0.1, 0.15) is 0 Å². The van der Waals surface area contributed by atoms with Crippen molar-refractivity contribution < 1.29 is 18.3 Å². The third-order valence-corrected chi connectivity index (χ3v) is 5.53. The summed E-state index contributed by atoms with van der Waals surface area (Å²) in [7, 11) is -3.64. The summed E-state index contributed by atoms with van der Waals surface area (Å²) in [6.45, 7) is 3.24. The van der Waals surface area contributed by atoms with Crippen LogP contribution in [0.15, 0.2) is 47.4 Å². The third kappa shape index (κ3) is 4.31. The van der Waals surface area contributed by atoms with E-state index in [0.29, 0.717) is 19.8 Å². The summed E-state index contributed by atoms with van der Waals surface area (Å²) in [4.78, 5) is 2.28. The number of rotatable bonds is 6. The second-order valence-corrected chi connectivity index (χ2v) is 7.69. The Hall–Kier alpha value is -1.51. The van der Waals surface area contributed by atoms with Crippen molar-refractivity contribution in [1.29, 1.82) is 0 Å². The fraction of sp³-hybridized carbons (Fsp3) is 0.412. The van der Waals surface area contributed by atoms with Gasteiger partial charge in [0.05, 0.1) is 24.2 Å². The Morgan fingerprint density at radius 3 is 2.58 bits per heavy atom. The number of hydrogen-bond acceptors (Lipinski definition) is 5. The first kappa shape index (κ1) is 17.3. The maximum absolute atomic E-state index is 12.4. The summed E-state index contributed by atoms with van der Waals surface area (Å²) in [5.74, 6) is 0. The van der Waals surface area contributed by atoms with Crippen LogP contribution in [0.4, 0.5) is 0 Å². The molecule has 1 heterocycles. The van der Waals surface area contributed by atoms with Crippen LogP contribution in [-0.2, 0) is 14.8 Å². The van der Waals surface area contributed by atoms with Crippen LogP contribution in [0.25, 0.3) is 10.8 Å². The van der Waals surface area contributed by atoms with Gasteiger partial charge in [-0.2, -0.15) is 0 Å². The van der Waals surface area contributed by atoms with Gasteiger partial charge in [0.2, 0.25) is 10.0 Å². The molecule has 0 saturated carbocycles. The molecule has 1 fully saturated rings. The van der Waals surface area contributed by atoms with E-state index in [2.05, 4.69) is 9.62 Å². The van der Waals surface area contributed by atoms with E-state index >= 15 is 0 Å². The first-order valence-electron chi connectivity index (χ1n) is 8.01. The van der Waals surface area contributed by atoms with Gasteiger partial charge in [-0.05, 0) is 22.9 Å². The molecular weight excluding hydrogens is 328 g/mol. The molecule has 0 unspecified atom stereocenters. The molecule has 1 atom stereocenters. The van der Waals surface area contributed by atoms with Crippen LogP contribution in [-0.4, -0.2) is 63.9 Å². The molecule has 0 aromatic heterocycles. The number of β-amino-alcohol motifs (C(OH)–C–C–N with tert-alkyl or cyclic N) is 1. The molecule has 1 aliphatic rings. The summed E-state index contributed by atoms with van der Waals surface area (Å²) in [5, 5.41) is 11.9. The second kappa shape index (κ2) is 7.58. The van der Waals surface area contributed by atoms with Gasteiger partial charge >= 0.3 is 0 Å². The zero-order chi connectivity index (χ0) is 17.0. The Kier molecular flexibility index (Phi) is 5.47. The van der Waals surface area contributed by atoms with Gasteiger partial charge < -0.3 is 9.84 Å². The first-order chi connectivity index (χ1) is 11.5. The van der Waals surface area contributed by atoms with E-state index in [-0.39, 0.29) is 11.4 Å². The highest BCUT2D eigenvalue weighted by molar-refractivity contribution is 7.89. The standard InChI is InChI=1S/C17H22N2O4S/c20-16(13-19-7-9-23-10-8-19)12-18-24(21,22)17-6-5-14-3-1-2-4-15(14)11-17/h1-6,11,16,18,20H,7-10,12-13H2/t16-/m1/s1. The molecule has 2 N–H and O–H groups in total. The molecule has 0 radical (unpaired) electrons. The molecule has 1 aliphatic heterocycles. The number of aliphatic hydroxyl groups is 1. The van der Waals surface area contributed by atoms with Crippen molar-refractivity contribution in [3.05, 3.63) is 42.5 Å². The molecule has 2 aromatic rings. The zero-order valence-electron chi connectivity index (χ0n) is 13.4. The predicted octanol–water partition coefficient (Wildman–Crippen LogP) is 0.811. The quantitative estimate of drug-likeness (QED) is 0.806. The number of fused-ring (bicyclic) bond motifs is 1. The van der Waals surface area contributed by atoms with Crippen molar-refractivity contribution in [3.63, 3.8) is 0 Å². The summed E-state index contributed by atoms with van der Waals surface area (Å²) in [5.41, 5.74) is 0. The average Bonchev–Trinajstić information content (AvgIpc) is 2.60. The van der Waals surface area contributed by atoms with Gasteiger partial charge in [0.15, 0.2) is 0 Å². The molecule has 2 aromatic carbocycles. The minimum atomic E-state index is -3.64. The lowest BCUT2D eigenvalue weighted by molar-refractivity contribution is 0.0158. The Bertz CT molecular complexity index is 788. The Balaban J connectivity index is 1.61. The highest BCUT2D eigenvalue weighted by Crippen LogP contribution is 2.18. The van der Waals surface area contributed by atoms with Crippen molar-refractivity contribution in [3.8, 4) is 0 Å². The number of nitrogens with zero attached hydrogens (tertiary/aromatic N) is 1. The summed E-state index contributed by atoms with van der Waals surface area (Å²) in [6.07, 6.45) is -0.752. The summed E-state index contributed by atoms with van der Waals surface area (Å²) >= 11 is 0. The molecule has 6 nitrogen and oxygen atoms in total. The Labute approximate surface area is 142 Å². The largest absolute Gasteiger partial charge is 0.390 e. The van der Waals surface area contributed by atoms with E-state index in [0.717, 1.165) is 23.9 Å². The number of aliphatic hydroxyl groups excluding tert-OH is 1. The lowest BCUT2D eigenvalue weighted by Crippen LogP contribution is -2.44. The maximum Gasteiger partial charge on any atom is 0.240 e. The number of sulfonamides is 1. The second-order valence-electron chi connectivity index (χ2n) is 5.93. The number of ether oxygens (including phenoxy) is 1. The molecular formula is C17H22N2O4S. The van der Waals surface area contributed by atoms with Gasteiger partial charge in [-0.3, -0.25) is 4.90 Å². The number of nitrogens with one attached hydrogen (secondary N) is 1. The number of hydrogen-bond donors (Lipinski definition) is 2. The van der Waals surface area contributed by atoms with Crippen molar-refractivity contribution in [2.75, 3.05) is 39.4 Å². The van der Waals surface area contributed by atoms with Crippen LogP contribution >= 0.6 is 0 Å². The zero-order valence-corrected chi connectivity index (χ0v) is 14.2. The van der Waals surface area contributed by atoms with E-state index in [9.17, 15) is 13.5 Å². The van der Waals surface area contributed by atoms with Crippen LogP contribution in [0.2, 0.25) is 0 Å². The first-order valence-corrected chi connectivity index (χ1v) is 9.49. The minimum absolute atomic E-state index is 0.00742. The molecule has 24 heavy (non-hydrogen) atoms. The van der Waals surface area contributed by atoms with Crippen molar-refractivity contribution in [1.82, 2.24) is 9.62 Å². The smallest absolute Gasteiger partial charge is 0.240 e. The molecule has 0 bridgehead atoms. The van der Waals surface area contributed by atoms with E-state index < -0.39 is 16.1 Å². The number of morpholine rings is 1. The fourth-order valence-electron chi connectivity index (χ4n) is 2.77. The van der Waals surface area contributed by atoms with Gasteiger partial charge in [-0.25, -0.2) is 13.1 Å². The fourth-order valence-corrected chi connectivity index (χ4v) is 3.88. The van der Waals surface area contributed by atoms with Crippen molar-refractivity contribution >= 4 is 20.8 Å². The van der Waals surface area contributed by atoms with E-state index in [1.165, 1.54) is 0 Å². The molecule has 130 valence electrons. The highest BCUT2D eigenvalue weighted by Gasteiger charge is 2.19. The van der Waals surface area contributed by atoms with Gasteiger partial charge in [0, 0.05) is 26.2 Å². The molecule has 0 spiro atoms. The Morgan fingerprint density at radius 2 is 1.83 bits per heavy atom. The van der Waals surface area contributed by atoms with Crippen LogP contribution in [0.3, 0.4) is 0 Å². The average molecular weight is 350 g/mol. The minimum Gasteiger partial charge on any atom is -0.390 e. The Morgan fingerprint density at radius 1 is 1.12 bits per heavy atom. The SMILES string of the molecule is O=S(=O)(NC[C@@H](O)CN1CCOCC1)c1ccc2ccccc2c1. The van der Waals surface area contributed by atoms with Gasteiger partial charge in [0.25, 0.3) is 0 Å². The topological polar surface area (TPSA) is 78.9 Å². The molecule has 3 rings (SSSR count). The van der Waals surface area contributed by atoms with Crippen molar-refractivity contribution in [2.24, 2.45) is 0 Å². The van der Waals surface area contributed by atoms with Crippen LogP contribution < -0.4 is 4.72 Å². The molecule has 1 saturated heterocycles. The number of benzene rings is 2. The van der Waals surface area contributed by atoms with Crippen LogP contribution in [0, 0.1) is 0 Å². The monoisotopic (exact) mass is 350 g/mol. The lowest BCUT2D eigenvalue weighted by atomic mass is 10.1. The van der Waals surface area contributed by atoms with Crippen LogP contribution in [0.5, 0.6) is 0 Å². The predicted molar refractivity (Wildman–Crippen MR) is 92.4 cm³/mol. The maximum atomic E-state index is 12.4. The van der Waals surface area contributed by atoms with E-state index in [1.807, 2.05) is 24.3 Å².